The summed E-state index contributed by atoms with van der Waals surface area (Å²) < 4.78 is 0. The highest BCUT2D eigenvalue weighted by Crippen LogP contribution is 2.17. The Bertz CT molecular complexity index is 181. The predicted molar refractivity (Wildman–Crippen MR) is 57.6 cm³/mol. The van der Waals surface area contributed by atoms with E-state index in [1.54, 1.807) is 0 Å². The molecule has 1 fully saturated rings. The molecule has 0 aromatic carbocycles. The summed E-state index contributed by atoms with van der Waals surface area (Å²) in [6.07, 6.45) is 6.45. The summed E-state index contributed by atoms with van der Waals surface area (Å²) in [6, 6.07) is 0.736. The average Bonchev–Trinajstić information content (AvgIpc) is 2.65. The molecule has 13 heavy (non-hydrogen) atoms. The fourth-order valence-corrected chi connectivity index (χ4v) is 2.07. The Labute approximate surface area is 82.5 Å². The van der Waals surface area contributed by atoms with Gasteiger partial charge in [0.1, 0.15) is 0 Å². The lowest BCUT2D eigenvalue weighted by Gasteiger charge is -2.25. The van der Waals surface area contributed by atoms with Gasteiger partial charge in [-0.1, -0.05) is 13.3 Å². The second-order valence-corrected chi connectivity index (χ2v) is 3.82. The van der Waals surface area contributed by atoms with Crippen molar-refractivity contribution < 1.29 is 0 Å². The van der Waals surface area contributed by atoms with Gasteiger partial charge in [0.2, 0.25) is 0 Å². The van der Waals surface area contributed by atoms with Crippen LogP contribution in [-0.4, -0.2) is 24.0 Å². The van der Waals surface area contributed by atoms with Crippen LogP contribution in [0.25, 0.3) is 0 Å². The molecule has 1 aliphatic heterocycles. The molecular weight excluding hydrogens is 158 g/mol. The summed E-state index contributed by atoms with van der Waals surface area (Å²) in [6.45, 7) is 6.81. The number of rotatable bonds is 4. The highest BCUT2D eigenvalue weighted by Gasteiger charge is 2.19. The third-order valence-corrected chi connectivity index (χ3v) is 2.79. The molecule has 0 N–H and O–H groups in total. The van der Waals surface area contributed by atoms with Gasteiger partial charge < -0.3 is 0 Å². The Balaban J connectivity index is 2.38. The van der Waals surface area contributed by atoms with Crippen LogP contribution in [0.1, 0.15) is 46.0 Å². The average molecular weight is 179 g/mol. The zero-order chi connectivity index (χ0) is 9.52. The third-order valence-electron chi connectivity index (χ3n) is 2.79. The van der Waals surface area contributed by atoms with Crippen molar-refractivity contribution >= 4 is 0 Å². The van der Waals surface area contributed by atoms with Crippen LogP contribution in [0.4, 0.5) is 0 Å². The van der Waals surface area contributed by atoms with E-state index in [-0.39, 0.29) is 0 Å². The van der Waals surface area contributed by atoms with Gasteiger partial charge >= 0.3 is 0 Å². The SMILES string of the molecule is CC#CCC(CCC)N1CCCC1. The number of likely N-dealkylation sites (tertiary alicyclic amines) is 1. The van der Waals surface area contributed by atoms with Gasteiger partial charge in [0, 0.05) is 12.5 Å². The molecule has 0 spiro atoms. The van der Waals surface area contributed by atoms with Crippen LogP contribution in [0.5, 0.6) is 0 Å². The van der Waals surface area contributed by atoms with Crippen molar-refractivity contribution in [2.75, 3.05) is 13.1 Å². The van der Waals surface area contributed by atoms with Gasteiger partial charge in [-0.25, -0.2) is 0 Å². The fraction of sp³-hybridized carbons (Fsp3) is 0.833. The zero-order valence-electron chi connectivity index (χ0n) is 8.97. The Morgan fingerprint density at radius 3 is 2.54 bits per heavy atom. The monoisotopic (exact) mass is 179 g/mol. The van der Waals surface area contributed by atoms with Crippen molar-refractivity contribution in [1.82, 2.24) is 4.90 Å². The van der Waals surface area contributed by atoms with Crippen molar-refractivity contribution in [2.45, 2.75) is 52.0 Å². The van der Waals surface area contributed by atoms with Gasteiger partial charge in [0.25, 0.3) is 0 Å². The highest BCUT2D eigenvalue weighted by molar-refractivity contribution is 4.98. The first kappa shape index (κ1) is 10.6. The molecule has 0 amide bonds. The van der Waals surface area contributed by atoms with E-state index in [0.717, 1.165) is 12.5 Å². The van der Waals surface area contributed by atoms with E-state index in [4.69, 9.17) is 0 Å². The molecule has 1 nitrogen and oxygen atoms in total. The molecule has 0 aromatic rings. The number of nitrogens with zero attached hydrogens (tertiary/aromatic N) is 1. The Morgan fingerprint density at radius 2 is 2.00 bits per heavy atom. The summed E-state index contributed by atoms with van der Waals surface area (Å²) in [5.41, 5.74) is 0. The van der Waals surface area contributed by atoms with Crippen LogP contribution in [0, 0.1) is 11.8 Å². The Hall–Kier alpha value is -0.480. The lowest BCUT2D eigenvalue weighted by atomic mass is 10.1. The minimum absolute atomic E-state index is 0.736. The van der Waals surface area contributed by atoms with Gasteiger partial charge in [0.15, 0.2) is 0 Å². The van der Waals surface area contributed by atoms with E-state index in [9.17, 15) is 0 Å². The summed E-state index contributed by atoms with van der Waals surface area (Å²) in [5.74, 6) is 6.22. The lowest BCUT2D eigenvalue weighted by molar-refractivity contribution is 0.232. The van der Waals surface area contributed by atoms with Crippen LogP contribution in [0.3, 0.4) is 0 Å². The zero-order valence-corrected chi connectivity index (χ0v) is 8.97. The maximum atomic E-state index is 3.22. The Morgan fingerprint density at radius 1 is 1.31 bits per heavy atom. The summed E-state index contributed by atoms with van der Waals surface area (Å²) in [5, 5.41) is 0. The molecule has 0 saturated carbocycles. The number of hydrogen-bond acceptors (Lipinski definition) is 1. The molecule has 1 saturated heterocycles. The van der Waals surface area contributed by atoms with Crippen molar-refractivity contribution in [3.8, 4) is 11.8 Å². The first-order valence-corrected chi connectivity index (χ1v) is 5.52. The predicted octanol–water partition coefficient (Wildman–Crippen LogP) is 2.66. The summed E-state index contributed by atoms with van der Waals surface area (Å²) in [4.78, 5) is 2.62. The second kappa shape index (κ2) is 6.05. The minimum atomic E-state index is 0.736. The second-order valence-electron chi connectivity index (χ2n) is 3.82. The van der Waals surface area contributed by atoms with Gasteiger partial charge in [-0.3, -0.25) is 4.90 Å². The van der Waals surface area contributed by atoms with Crippen LogP contribution < -0.4 is 0 Å². The summed E-state index contributed by atoms with van der Waals surface area (Å²) >= 11 is 0. The first-order chi connectivity index (χ1) is 6.38. The Kier molecular flexibility index (Phi) is 4.93. The van der Waals surface area contributed by atoms with E-state index >= 15 is 0 Å². The highest BCUT2D eigenvalue weighted by atomic mass is 15.2. The van der Waals surface area contributed by atoms with Gasteiger partial charge in [-0.2, -0.15) is 0 Å². The molecule has 0 aliphatic carbocycles. The first-order valence-electron chi connectivity index (χ1n) is 5.52. The summed E-state index contributed by atoms with van der Waals surface area (Å²) in [7, 11) is 0. The quantitative estimate of drug-likeness (QED) is 0.600. The largest absolute Gasteiger partial charge is 0.299 e. The maximum absolute atomic E-state index is 3.22. The molecule has 0 aromatic heterocycles. The smallest absolute Gasteiger partial charge is 0.0245 e. The van der Waals surface area contributed by atoms with Crippen molar-refractivity contribution in [3.05, 3.63) is 0 Å². The molecule has 0 bridgehead atoms. The normalized spacial score (nSPS) is 19.5. The molecule has 1 heterocycles. The topological polar surface area (TPSA) is 3.24 Å². The molecule has 1 heteroatoms. The van der Waals surface area contributed by atoms with Crippen molar-refractivity contribution in [1.29, 1.82) is 0 Å². The van der Waals surface area contributed by atoms with E-state index < -0.39 is 0 Å². The number of hydrogen-bond donors (Lipinski definition) is 0. The third kappa shape index (κ3) is 3.40. The van der Waals surface area contributed by atoms with Gasteiger partial charge in [-0.05, 0) is 39.3 Å². The van der Waals surface area contributed by atoms with E-state index in [0.29, 0.717) is 0 Å². The van der Waals surface area contributed by atoms with E-state index in [1.165, 1.54) is 38.8 Å². The standard InChI is InChI=1S/C12H21N/c1-3-5-9-12(8-4-2)13-10-6-7-11-13/h12H,4,6-11H2,1-2H3. The molecule has 0 radical (unpaired) electrons. The van der Waals surface area contributed by atoms with Gasteiger partial charge in [-0.15, -0.1) is 11.8 Å². The molecule has 74 valence electrons. The van der Waals surface area contributed by atoms with Crippen LogP contribution in [0.15, 0.2) is 0 Å². The molecule has 1 rings (SSSR count). The van der Waals surface area contributed by atoms with Crippen molar-refractivity contribution in [2.24, 2.45) is 0 Å². The van der Waals surface area contributed by atoms with Crippen LogP contribution >= 0.6 is 0 Å². The molecule has 1 unspecified atom stereocenters. The van der Waals surface area contributed by atoms with E-state index in [1.807, 2.05) is 6.92 Å². The fourth-order valence-electron chi connectivity index (χ4n) is 2.07. The van der Waals surface area contributed by atoms with Gasteiger partial charge in [0.05, 0.1) is 0 Å². The van der Waals surface area contributed by atoms with Crippen LogP contribution in [-0.2, 0) is 0 Å². The van der Waals surface area contributed by atoms with Crippen molar-refractivity contribution in [3.63, 3.8) is 0 Å². The lowest BCUT2D eigenvalue weighted by Crippen LogP contribution is -2.32. The molecule has 1 aliphatic rings. The molecule has 1 atom stereocenters. The maximum Gasteiger partial charge on any atom is 0.0245 e. The minimum Gasteiger partial charge on any atom is -0.299 e. The van der Waals surface area contributed by atoms with Crippen LogP contribution in [0.2, 0.25) is 0 Å². The van der Waals surface area contributed by atoms with E-state index in [2.05, 4.69) is 23.7 Å². The molecular formula is C12H21N.